The molecule has 1 aliphatic rings. The summed E-state index contributed by atoms with van der Waals surface area (Å²) in [5.74, 6) is 1.42. The molecular formula is C13H16F3NO2. The van der Waals surface area contributed by atoms with Crippen LogP contribution in [0.3, 0.4) is 0 Å². The molecule has 1 heterocycles. The van der Waals surface area contributed by atoms with Crippen LogP contribution in [0.4, 0.5) is 13.2 Å². The summed E-state index contributed by atoms with van der Waals surface area (Å²) in [7, 11) is 0. The molecule has 0 bridgehead atoms. The van der Waals surface area contributed by atoms with Crippen molar-refractivity contribution in [1.29, 1.82) is 0 Å². The van der Waals surface area contributed by atoms with Gasteiger partial charge in [0.05, 0.1) is 6.54 Å². The lowest BCUT2D eigenvalue weighted by Crippen LogP contribution is -2.35. The first-order valence-electron chi connectivity index (χ1n) is 6.13. The van der Waals surface area contributed by atoms with Crippen LogP contribution in [-0.2, 0) is 6.42 Å². The summed E-state index contributed by atoms with van der Waals surface area (Å²) in [4.78, 5) is 0. The number of rotatable bonds is 5. The molecule has 0 saturated carbocycles. The van der Waals surface area contributed by atoms with Gasteiger partial charge < -0.3 is 14.8 Å². The lowest BCUT2D eigenvalue weighted by atomic mass is 10.1. The van der Waals surface area contributed by atoms with Crippen LogP contribution in [0, 0.1) is 0 Å². The lowest BCUT2D eigenvalue weighted by Gasteiger charge is -2.15. The van der Waals surface area contributed by atoms with Crippen LogP contribution < -0.4 is 14.8 Å². The third kappa shape index (κ3) is 4.31. The van der Waals surface area contributed by atoms with E-state index in [2.05, 4.69) is 5.32 Å². The van der Waals surface area contributed by atoms with Gasteiger partial charge in [-0.1, -0.05) is 6.07 Å². The van der Waals surface area contributed by atoms with Gasteiger partial charge in [0.2, 0.25) is 6.79 Å². The second-order valence-electron chi connectivity index (χ2n) is 4.62. The molecule has 1 aliphatic heterocycles. The Morgan fingerprint density at radius 3 is 2.74 bits per heavy atom. The molecule has 1 aromatic carbocycles. The SMILES string of the molecule is CC(CCc1ccc2c(c1)OCO2)NCC(F)(F)F. The van der Waals surface area contributed by atoms with Crippen molar-refractivity contribution in [2.75, 3.05) is 13.3 Å². The minimum Gasteiger partial charge on any atom is -0.454 e. The summed E-state index contributed by atoms with van der Waals surface area (Å²) >= 11 is 0. The number of halogens is 3. The largest absolute Gasteiger partial charge is 0.454 e. The van der Waals surface area contributed by atoms with Crippen molar-refractivity contribution in [2.24, 2.45) is 0 Å². The van der Waals surface area contributed by atoms with Crippen molar-refractivity contribution in [3.8, 4) is 11.5 Å². The predicted molar refractivity (Wildman–Crippen MR) is 64.4 cm³/mol. The Morgan fingerprint density at radius 1 is 1.26 bits per heavy atom. The molecule has 0 saturated heterocycles. The van der Waals surface area contributed by atoms with Gasteiger partial charge in [-0.15, -0.1) is 0 Å². The van der Waals surface area contributed by atoms with Crippen molar-refractivity contribution in [1.82, 2.24) is 5.32 Å². The van der Waals surface area contributed by atoms with Crippen LogP contribution in [0.1, 0.15) is 18.9 Å². The minimum atomic E-state index is -4.16. The van der Waals surface area contributed by atoms with Crippen LogP contribution in [0.15, 0.2) is 18.2 Å². The first kappa shape index (κ1) is 14.0. The molecule has 2 rings (SSSR count). The third-order valence-corrected chi connectivity index (χ3v) is 2.95. The molecular weight excluding hydrogens is 259 g/mol. The zero-order valence-electron chi connectivity index (χ0n) is 10.6. The van der Waals surface area contributed by atoms with E-state index in [-0.39, 0.29) is 12.8 Å². The van der Waals surface area contributed by atoms with Gasteiger partial charge in [-0.3, -0.25) is 0 Å². The first-order chi connectivity index (χ1) is 8.94. The van der Waals surface area contributed by atoms with E-state index in [1.807, 2.05) is 18.2 Å². The summed E-state index contributed by atoms with van der Waals surface area (Å²) < 4.78 is 46.6. The molecule has 0 fully saturated rings. The van der Waals surface area contributed by atoms with Gasteiger partial charge in [0, 0.05) is 6.04 Å². The second kappa shape index (κ2) is 5.69. The van der Waals surface area contributed by atoms with Gasteiger partial charge >= 0.3 is 6.18 Å². The standard InChI is InChI=1S/C13H16F3NO2/c1-9(17-7-13(14,15)16)2-3-10-4-5-11-12(6-10)19-8-18-11/h4-6,9,17H,2-3,7-8H2,1H3. The summed E-state index contributed by atoms with van der Waals surface area (Å²) in [6.45, 7) is 1.02. The lowest BCUT2D eigenvalue weighted by molar-refractivity contribution is -0.126. The second-order valence-corrected chi connectivity index (χ2v) is 4.62. The number of nitrogens with one attached hydrogen (secondary N) is 1. The molecule has 19 heavy (non-hydrogen) atoms. The minimum absolute atomic E-state index is 0.188. The molecule has 0 aliphatic carbocycles. The molecule has 0 spiro atoms. The van der Waals surface area contributed by atoms with Crippen LogP contribution in [0.25, 0.3) is 0 Å². The van der Waals surface area contributed by atoms with Crippen LogP contribution in [-0.4, -0.2) is 25.6 Å². The maximum absolute atomic E-state index is 12.0. The highest BCUT2D eigenvalue weighted by Gasteiger charge is 2.27. The Kier molecular flexibility index (Phi) is 4.19. The van der Waals surface area contributed by atoms with E-state index in [9.17, 15) is 13.2 Å². The number of benzene rings is 1. The van der Waals surface area contributed by atoms with Crippen LogP contribution in [0.5, 0.6) is 11.5 Å². The number of ether oxygens (including phenoxy) is 2. The molecule has 3 nitrogen and oxygen atoms in total. The van der Waals surface area contributed by atoms with Crippen molar-refractivity contribution >= 4 is 0 Å². The number of hydrogen-bond acceptors (Lipinski definition) is 3. The smallest absolute Gasteiger partial charge is 0.401 e. The average molecular weight is 275 g/mol. The molecule has 1 aromatic rings. The summed E-state index contributed by atoms with van der Waals surface area (Å²) in [6, 6.07) is 5.42. The molecule has 1 atom stereocenters. The maximum Gasteiger partial charge on any atom is 0.401 e. The van der Waals surface area contributed by atoms with E-state index in [0.29, 0.717) is 24.3 Å². The Balaban J connectivity index is 1.79. The monoisotopic (exact) mass is 275 g/mol. The molecule has 1 N–H and O–H groups in total. The Morgan fingerprint density at radius 2 is 2.00 bits per heavy atom. The fourth-order valence-corrected chi connectivity index (χ4v) is 1.87. The molecule has 0 amide bonds. The highest BCUT2D eigenvalue weighted by atomic mass is 19.4. The Hall–Kier alpha value is -1.43. The van der Waals surface area contributed by atoms with E-state index in [1.165, 1.54) is 0 Å². The van der Waals surface area contributed by atoms with Crippen molar-refractivity contribution in [2.45, 2.75) is 32.0 Å². The van der Waals surface area contributed by atoms with Crippen molar-refractivity contribution in [3.63, 3.8) is 0 Å². The molecule has 0 aromatic heterocycles. The fourth-order valence-electron chi connectivity index (χ4n) is 1.87. The number of aryl methyl sites for hydroxylation is 1. The van der Waals surface area contributed by atoms with Gasteiger partial charge in [-0.05, 0) is 37.5 Å². The molecule has 6 heteroatoms. The number of fused-ring (bicyclic) bond motifs is 1. The van der Waals surface area contributed by atoms with Gasteiger partial charge in [-0.25, -0.2) is 0 Å². The summed E-state index contributed by atoms with van der Waals surface area (Å²) in [6.07, 6.45) is -2.83. The first-order valence-corrected chi connectivity index (χ1v) is 6.13. The maximum atomic E-state index is 12.0. The van der Waals surface area contributed by atoms with E-state index in [4.69, 9.17) is 9.47 Å². The molecule has 1 unspecified atom stereocenters. The van der Waals surface area contributed by atoms with E-state index < -0.39 is 12.7 Å². The Labute approximate surface area is 109 Å². The Bertz CT molecular complexity index is 434. The van der Waals surface area contributed by atoms with Gasteiger partial charge in [-0.2, -0.15) is 13.2 Å². The number of alkyl halides is 3. The van der Waals surface area contributed by atoms with Crippen molar-refractivity contribution < 1.29 is 22.6 Å². The summed E-state index contributed by atoms with van der Waals surface area (Å²) in [5.41, 5.74) is 1.03. The topological polar surface area (TPSA) is 30.5 Å². The summed E-state index contributed by atoms with van der Waals surface area (Å²) in [5, 5.41) is 2.46. The zero-order chi connectivity index (χ0) is 13.9. The van der Waals surface area contributed by atoms with Crippen LogP contribution in [0.2, 0.25) is 0 Å². The average Bonchev–Trinajstić information content (AvgIpc) is 2.80. The van der Waals surface area contributed by atoms with Crippen LogP contribution >= 0.6 is 0 Å². The predicted octanol–water partition coefficient (Wildman–Crippen LogP) is 2.89. The van der Waals surface area contributed by atoms with Crippen molar-refractivity contribution in [3.05, 3.63) is 23.8 Å². The normalized spacial score (nSPS) is 15.6. The number of hydrogen-bond donors (Lipinski definition) is 1. The van der Waals surface area contributed by atoms with Gasteiger partial charge in [0.1, 0.15) is 0 Å². The highest BCUT2D eigenvalue weighted by Crippen LogP contribution is 2.32. The highest BCUT2D eigenvalue weighted by molar-refractivity contribution is 5.44. The van der Waals surface area contributed by atoms with Gasteiger partial charge in [0.25, 0.3) is 0 Å². The quantitative estimate of drug-likeness (QED) is 0.896. The van der Waals surface area contributed by atoms with E-state index in [0.717, 1.165) is 5.56 Å². The molecule has 106 valence electrons. The zero-order valence-corrected chi connectivity index (χ0v) is 10.6. The molecule has 0 radical (unpaired) electrons. The van der Waals surface area contributed by atoms with Gasteiger partial charge in [0.15, 0.2) is 11.5 Å². The van der Waals surface area contributed by atoms with E-state index in [1.54, 1.807) is 6.92 Å². The fraction of sp³-hybridized carbons (Fsp3) is 0.538. The van der Waals surface area contributed by atoms with E-state index >= 15 is 0 Å². The third-order valence-electron chi connectivity index (χ3n) is 2.95.